The lowest BCUT2D eigenvalue weighted by molar-refractivity contribution is -0.139. The number of hydrogen-bond acceptors (Lipinski definition) is 3. The van der Waals surface area contributed by atoms with Gasteiger partial charge in [-0.25, -0.2) is 9.59 Å². The van der Waals surface area contributed by atoms with E-state index < -0.39 is 18.0 Å². The zero-order chi connectivity index (χ0) is 13.8. The lowest BCUT2D eigenvalue weighted by Gasteiger charge is -2.21. The summed E-state index contributed by atoms with van der Waals surface area (Å²) in [6, 6.07) is 6.03. The monoisotopic (exact) mass is 264 g/mol. The summed E-state index contributed by atoms with van der Waals surface area (Å²) in [6.07, 6.45) is 0.762. The number of hydrogen-bond donors (Lipinski definition) is 3. The highest BCUT2D eigenvalue weighted by Crippen LogP contribution is 2.27. The van der Waals surface area contributed by atoms with Gasteiger partial charge in [-0.15, -0.1) is 0 Å². The summed E-state index contributed by atoms with van der Waals surface area (Å²) in [7, 11) is 0. The molecule has 6 nitrogen and oxygen atoms in total. The molecule has 1 aliphatic heterocycles. The summed E-state index contributed by atoms with van der Waals surface area (Å²) in [5, 5.41) is 20.2. The number of rotatable bonds is 4. The number of amides is 2. The minimum atomic E-state index is -1.14. The van der Waals surface area contributed by atoms with Crippen LogP contribution in [0.25, 0.3) is 0 Å². The van der Waals surface area contributed by atoms with Crippen molar-refractivity contribution in [3.05, 3.63) is 29.8 Å². The molecule has 0 unspecified atom stereocenters. The summed E-state index contributed by atoms with van der Waals surface area (Å²) in [5.74, 6) is -1.14. The van der Waals surface area contributed by atoms with Gasteiger partial charge in [-0.1, -0.05) is 18.2 Å². The first-order valence-corrected chi connectivity index (χ1v) is 6.13. The molecule has 1 heterocycles. The van der Waals surface area contributed by atoms with Crippen molar-refractivity contribution in [3.8, 4) is 0 Å². The number of anilines is 1. The molecule has 102 valence electrons. The Labute approximate surface area is 110 Å². The number of urea groups is 1. The van der Waals surface area contributed by atoms with E-state index in [1.54, 1.807) is 0 Å². The van der Waals surface area contributed by atoms with Crippen LogP contribution in [0.1, 0.15) is 12.0 Å². The van der Waals surface area contributed by atoms with Crippen LogP contribution in [0.2, 0.25) is 0 Å². The zero-order valence-electron chi connectivity index (χ0n) is 10.4. The van der Waals surface area contributed by atoms with Crippen molar-refractivity contribution in [1.82, 2.24) is 5.32 Å². The number of fused-ring (bicyclic) bond motifs is 1. The first kappa shape index (κ1) is 13.4. The Bertz CT molecular complexity index is 489. The Balaban J connectivity index is 2.07. The van der Waals surface area contributed by atoms with Crippen LogP contribution in [0.3, 0.4) is 0 Å². The maximum Gasteiger partial charge on any atom is 0.326 e. The van der Waals surface area contributed by atoms with Crippen molar-refractivity contribution >= 4 is 17.7 Å². The lowest BCUT2D eigenvalue weighted by Crippen LogP contribution is -2.48. The molecule has 0 saturated heterocycles. The minimum Gasteiger partial charge on any atom is -0.480 e. The molecule has 6 heteroatoms. The molecule has 2 rings (SSSR count). The number of aliphatic hydroxyl groups excluding tert-OH is 1. The molecule has 0 aliphatic carbocycles. The van der Waals surface area contributed by atoms with Gasteiger partial charge in [0.25, 0.3) is 0 Å². The Morgan fingerprint density at radius 3 is 2.79 bits per heavy atom. The van der Waals surface area contributed by atoms with Gasteiger partial charge in [-0.3, -0.25) is 4.90 Å². The molecule has 0 bridgehead atoms. The fourth-order valence-corrected chi connectivity index (χ4v) is 2.16. The smallest absolute Gasteiger partial charge is 0.326 e. The molecule has 19 heavy (non-hydrogen) atoms. The number of carboxylic acid groups (broad SMARTS) is 1. The van der Waals surface area contributed by atoms with E-state index in [-0.39, 0.29) is 13.0 Å². The molecule has 1 atom stereocenters. The van der Waals surface area contributed by atoms with E-state index >= 15 is 0 Å². The average molecular weight is 264 g/mol. The molecule has 0 spiro atoms. The van der Waals surface area contributed by atoms with E-state index in [1.165, 1.54) is 4.90 Å². The Morgan fingerprint density at radius 2 is 2.11 bits per heavy atom. The first-order chi connectivity index (χ1) is 9.13. The van der Waals surface area contributed by atoms with Gasteiger partial charge in [0.05, 0.1) is 0 Å². The third-order valence-corrected chi connectivity index (χ3v) is 3.15. The number of aliphatic carboxylic acids is 1. The summed E-state index contributed by atoms with van der Waals surface area (Å²) < 4.78 is 0. The Kier molecular flexibility index (Phi) is 4.01. The van der Waals surface area contributed by atoms with E-state index in [2.05, 4.69) is 5.32 Å². The van der Waals surface area contributed by atoms with Crippen molar-refractivity contribution in [2.24, 2.45) is 0 Å². The second-order valence-electron chi connectivity index (χ2n) is 4.38. The van der Waals surface area contributed by atoms with Gasteiger partial charge in [0.1, 0.15) is 6.04 Å². The van der Waals surface area contributed by atoms with E-state index in [4.69, 9.17) is 10.2 Å². The summed E-state index contributed by atoms with van der Waals surface area (Å²) in [5.41, 5.74) is 1.89. The Hall–Kier alpha value is -2.08. The lowest BCUT2D eigenvalue weighted by atomic mass is 10.2. The maximum atomic E-state index is 12.1. The van der Waals surface area contributed by atoms with Crippen molar-refractivity contribution in [1.29, 1.82) is 0 Å². The zero-order valence-corrected chi connectivity index (χ0v) is 10.4. The van der Waals surface area contributed by atoms with E-state index in [0.717, 1.165) is 17.7 Å². The molecule has 2 amide bonds. The maximum absolute atomic E-state index is 12.1. The fourth-order valence-electron chi connectivity index (χ4n) is 2.16. The van der Waals surface area contributed by atoms with Gasteiger partial charge < -0.3 is 15.5 Å². The predicted octanol–water partition coefficient (Wildman–Crippen LogP) is 0.594. The SMILES string of the molecule is O=C(O)[C@H](CCO)NC(=O)N1CCc2ccccc21. The number of para-hydroxylation sites is 1. The van der Waals surface area contributed by atoms with Gasteiger partial charge in [-0.05, 0) is 18.1 Å². The van der Waals surface area contributed by atoms with Crippen molar-refractivity contribution in [2.45, 2.75) is 18.9 Å². The molecule has 1 aromatic rings. The van der Waals surface area contributed by atoms with Crippen LogP contribution in [0.4, 0.5) is 10.5 Å². The summed E-state index contributed by atoms with van der Waals surface area (Å²) in [4.78, 5) is 24.5. The van der Waals surface area contributed by atoms with Crippen LogP contribution < -0.4 is 10.2 Å². The first-order valence-electron chi connectivity index (χ1n) is 6.13. The van der Waals surface area contributed by atoms with Crippen LogP contribution in [-0.4, -0.2) is 41.4 Å². The molecule has 3 N–H and O–H groups in total. The predicted molar refractivity (Wildman–Crippen MR) is 69.2 cm³/mol. The van der Waals surface area contributed by atoms with Gasteiger partial charge in [0, 0.05) is 25.3 Å². The number of carbonyl (C=O) groups excluding carboxylic acids is 1. The molecular weight excluding hydrogens is 248 g/mol. The fraction of sp³-hybridized carbons (Fsp3) is 0.385. The highest BCUT2D eigenvalue weighted by Gasteiger charge is 2.27. The van der Waals surface area contributed by atoms with Crippen LogP contribution in [0.15, 0.2) is 24.3 Å². The van der Waals surface area contributed by atoms with Crippen molar-refractivity contribution < 1.29 is 19.8 Å². The van der Waals surface area contributed by atoms with Gasteiger partial charge in [-0.2, -0.15) is 0 Å². The highest BCUT2D eigenvalue weighted by molar-refractivity contribution is 5.96. The number of carboxylic acids is 1. The van der Waals surface area contributed by atoms with Crippen LogP contribution in [0, 0.1) is 0 Å². The van der Waals surface area contributed by atoms with E-state index in [1.807, 2.05) is 24.3 Å². The van der Waals surface area contributed by atoms with Crippen molar-refractivity contribution in [3.63, 3.8) is 0 Å². The number of nitrogens with zero attached hydrogens (tertiary/aromatic N) is 1. The number of aliphatic hydroxyl groups is 1. The molecule has 0 saturated carbocycles. The van der Waals surface area contributed by atoms with Crippen LogP contribution >= 0.6 is 0 Å². The standard InChI is InChI=1S/C13H16N2O4/c16-8-6-10(12(17)18)14-13(19)15-7-5-9-3-1-2-4-11(9)15/h1-4,10,16H,5-8H2,(H,14,19)(H,17,18)/t10-/m0/s1. The quantitative estimate of drug-likeness (QED) is 0.742. The molecule has 1 aliphatic rings. The van der Waals surface area contributed by atoms with E-state index in [0.29, 0.717) is 6.54 Å². The second kappa shape index (κ2) is 5.71. The number of benzene rings is 1. The molecular formula is C13H16N2O4. The largest absolute Gasteiger partial charge is 0.480 e. The third-order valence-electron chi connectivity index (χ3n) is 3.15. The Morgan fingerprint density at radius 1 is 1.37 bits per heavy atom. The van der Waals surface area contributed by atoms with Gasteiger partial charge in [0.2, 0.25) is 0 Å². The highest BCUT2D eigenvalue weighted by atomic mass is 16.4. The van der Waals surface area contributed by atoms with Gasteiger partial charge in [0.15, 0.2) is 0 Å². The van der Waals surface area contributed by atoms with Gasteiger partial charge >= 0.3 is 12.0 Å². The molecule has 1 aromatic carbocycles. The third kappa shape index (κ3) is 2.85. The number of carbonyl (C=O) groups is 2. The summed E-state index contributed by atoms with van der Waals surface area (Å²) >= 11 is 0. The van der Waals surface area contributed by atoms with Crippen molar-refractivity contribution in [2.75, 3.05) is 18.1 Å². The summed E-state index contributed by atoms with van der Waals surface area (Å²) in [6.45, 7) is 0.254. The number of nitrogens with one attached hydrogen (secondary N) is 1. The molecule has 0 aromatic heterocycles. The minimum absolute atomic E-state index is 0.00341. The topological polar surface area (TPSA) is 89.9 Å². The average Bonchev–Trinajstić information content (AvgIpc) is 2.81. The van der Waals surface area contributed by atoms with E-state index in [9.17, 15) is 9.59 Å². The molecule has 0 radical (unpaired) electrons. The second-order valence-corrected chi connectivity index (χ2v) is 4.38. The molecule has 0 fully saturated rings. The van der Waals surface area contributed by atoms with Crippen LogP contribution in [-0.2, 0) is 11.2 Å². The normalized spacial score (nSPS) is 14.9. The van der Waals surface area contributed by atoms with Crippen LogP contribution in [0.5, 0.6) is 0 Å².